The van der Waals surface area contributed by atoms with E-state index in [1.807, 2.05) is 0 Å². The van der Waals surface area contributed by atoms with Crippen molar-refractivity contribution in [2.24, 2.45) is 0 Å². The summed E-state index contributed by atoms with van der Waals surface area (Å²) in [6.45, 7) is 1.73. The van der Waals surface area contributed by atoms with E-state index >= 15 is 0 Å². The molecular formula is C13H10ClF3N2OS. The first-order valence-electron chi connectivity index (χ1n) is 5.81. The zero-order valence-corrected chi connectivity index (χ0v) is 12.4. The Hall–Kier alpha value is -1.60. The summed E-state index contributed by atoms with van der Waals surface area (Å²) in [5.41, 5.74) is -0.0696. The van der Waals surface area contributed by atoms with Crippen molar-refractivity contribution in [2.45, 2.75) is 13.1 Å². The SMILES string of the molecule is Cc1csc(N(C(=O)CCl)c2cccc(C(F)(F)F)c2)n1. The van der Waals surface area contributed by atoms with Gasteiger partial charge in [-0.15, -0.1) is 22.9 Å². The highest BCUT2D eigenvalue weighted by Gasteiger charge is 2.31. The van der Waals surface area contributed by atoms with Crippen LogP contribution in [0, 0.1) is 6.92 Å². The van der Waals surface area contributed by atoms with Gasteiger partial charge in [-0.05, 0) is 25.1 Å². The topological polar surface area (TPSA) is 33.2 Å². The molecule has 0 bridgehead atoms. The van der Waals surface area contributed by atoms with Crippen molar-refractivity contribution in [2.75, 3.05) is 10.8 Å². The Kier molecular flexibility index (Phi) is 4.53. The number of benzene rings is 1. The Morgan fingerprint density at radius 1 is 1.43 bits per heavy atom. The number of amides is 1. The van der Waals surface area contributed by atoms with Gasteiger partial charge in [0, 0.05) is 5.38 Å². The van der Waals surface area contributed by atoms with Crippen molar-refractivity contribution in [1.82, 2.24) is 4.98 Å². The highest BCUT2D eigenvalue weighted by molar-refractivity contribution is 7.14. The second-order valence-electron chi connectivity index (χ2n) is 4.18. The average Bonchev–Trinajstić information content (AvgIpc) is 2.84. The second kappa shape index (κ2) is 6.03. The van der Waals surface area contributed by atoms with Crippen LogP contribution in [0.15, 0.2) is 29.6 Å². The number of alkyl halides is 4. The van der Waals surface area contributed by atoms with Gasteiger partial charge in [0.05, 0.1) is 16.9 Å². The van der Waals surface area contributed by atoms with Crippen LogP contribution in [0.2, 0.25) is 0 Å². The van der Waals surface area contributed by atoms with E-state index in [1.165, 1.54) is 12.1 Å². The molecule has 0 unspecified atom stereocenters. The molecule has 0 aliphatic rings. The van der Waals surface area contributed by atoms with Crippen molar-refractivity contribution in [3.63, 3.8) is 0 Å². The Balaban J connectivity index is 2.50. The molecule has 0 fully saturated rings. The van der Waals surface area contributed by atoms with Gasteiger partial charge in [-0.25, -0.2) is 4.98 Å². The fraction of sp³-hybridized carbons (Fsp3) is 0.231. The molecule has 0 saturated carbocycles. The van der Waals surface area contributed by atoms with E-state index in [0.29, 0.717) is 5.69 Å². The van der Waals surface area contributed by atoms with Gasteiger partial charge < -0.3 is 0 Å². The summed E-state index contributed by atoms with van der Waals surface area (Å²) in [6.07, 6.45) is -4.48. The molecule has 21 heavy (non-hydrogen) atoms. The highest BCUT2D eigenvalue weighted by Crippen LogP contribution is 2.34. The normalized spacial score (nSPS) is 11.5. The number of aryl methyl sites for hydroxylation is 1. The lowest BCUT2D eigenvalue weighted by Crippen LogP contribution is -2.27. The van der Waals surface area contributed by atoms with Crippen LogP contribution in [0.4, 0.5) is 24.0 Å². The molecule has 1 amide bonds. The summed E-state index contributed by atoms with van der Waals surface area (Å²) < 4.78 is 38.3. The minimum Gasteiger partial charge on any atom is -0.273 e. The van der Waals surface area contributed by atoms with Crippen LogP contribution in [-0.2, 0) is 11.0 Å². The zero-order valence-electron chi connectivity index (χ0n) is 10.8. The first kappa shape index (κ1) is 15.8. The van der Waals surface area contributed by atoms with Crippen LogP contribution >= 0.6 is 22.9 Å². The Morgan fingerprint density at radius 3 is 2.67 bits per heavy atom. The van der Waals surface area contributed by atoms with Crippen molar-refractivity contribution in [1.29, 1.82) is 0 Å². The van der Waals surface area contributed by atoms with Gasteiger partial charge in [-0.3, -0.25) is 9.69 Å². The predicted octanol–water partition coefficient (Wildman–Crippen LogP) is 4.37. The maximum Gasteiger partial charge on any atom is 0.416 e. The quantitative estimate of drug-likeness (QED) is 0.781. The van der Waals surface area contributed by atoms with E-state index in [2.05, 4.69) is 4.98 Å². The van der Waals surface area contributed by atoms with E-state index in [9.17, 15) is 18.0 Å². The molecule has 8 heteroatoms. The van der Waals surface area contributed by atoms with E-state index in [0.717, 1.165) is 28.4 Å². The van der Waals surface area contributed by atoms with Gasteiger partial charge >= 0.3 is 6.18 Å². The van der Waals surface area contributed by atoms with Crippen LogP contribution in [0.25, 0.3) is 0 Å². The van der Waals surface area contributed by atoms with Gasteiger partial charge in [0.1, 0.15) is 5.88 Å². The van der Waals surface area contributed by atoms with Crippen LogP contribution in [0.3, 0.4) is 0 Å². The second-order valence-corrected chi connectivity index (χ2v) is 5.29. The monoisotopic (exact) mass is 334 g/mol. The third-order valence-electron chi connectivity index (χ3n) is 2.59. The summed E-state index contributed by atoms with van der Waals surface area (Å²) in [5, 5.41) is 2.00. The molecule has 2 rings (SSSR count). The molecule has 1 aromatic carbocycles. The highest BCUT2D eigenvalue weighted by atomic mass is 35.5. The van der Waals surface area contributed by atoms with Gasteiger partial charge in [0.2, 0.25) is 5.91 Å². The Bertz CT molecular complexity index is 657. The van der Waals surface area contributed by atoms with Gasteiger partial charge in [0.25, 0.3) is 0 Å². The van der Waals surface area contributed by atoms with Crippen LogP contribution in [0.5, 0.6) is 0 Å². The number of carbonyl (C=O) groups excluding carboxylic acids is 1. The molecule has 0 aliphatic heterocycles. The molecular weight excluding hydrogens is 325 g/mol. The number of aromatic nitrogens is 1. The molecule has 0 atom stereocenters. The largest absolute Gasteiger partial charge is 0.416 e. The summed E-state index contributed by atoms with van der Waals surface area (Å²) in [6, 6.07) is 4.50. The number of hydrogen-bond acceptors (Lipinski definition) is 3. The molecule has 0 spiro atoms. The third-order valence-corrected chi connectivity index (χ3v) is 3.77. The molecule has 3 nitrogen and oxygen atoms in total. The van der Waals surface area contributed by atoms with Crippen LogP contribution in [-0.4, -0.2) is 16.8 Å². The van der Waals surface area contributed by atoms with Gasteiger partial charge in [-0.2, -0.15) is 13.2 Å². The summed E-state index contributed by atoms with van der Waals surface area (Å²) in [4.78, 5) is 17.2. The third kappa shape index (κ3) is 3.54. The maximum atomic E-state index is 12.8. The first-order chi connectivity index (χ1) is 9.82. The van der Waals surface area contributed by atoms with Crippen molar-refractivity contribution >= 4 is 39.7 Å². The number of carbonyl (C=O) groups is 1. The number of hydrogen-bond donors (Lipinski definition) is 0. The lowest BCUT2D eigenvalue weighted by Gasteiger charge is -2.20. The van der Waals surface area contributed by atoms with Crippen molar-refractivity contribution < 1.29 is 18.0 Å². The number of nitrogens with zero attached hydrogens (tertiary/aromatic N) is 2. The lowest BCUT2D eigenvalue weighted by atomic mass is 10.2. The molecule has 0 N–H and O–H groups in total. The standard InChI is InChI=1S/C13H10ClF3N2OS/c1-8-7-21-12(18-8)19(11(20)6-14)10-4-2-3-9(5-10)13(15,16)17/h2-5,7H,6H2,1H3. The van der Waals surface area contributed by atoms with Gasteiger partial charge in [0.15, 0.2) is 5.13 Å². The molecule has 1 aromatic heterocycles. The predicted molar refractivity (Wildman–Crippen MR) is 76.2 cm³/mol. The van der Waals surface area contributed by atoms with E-state index in [4.69, 9.17) is 11.6 Å². The van der Waals surface area contributed by atoms with E-state index < -0.39 is 17.6 Å². The molecule has 0 aliphatic carbocycles. The maximum absolute atomic E-state index is 12.8. The summed E-state index contributed by atoms with van der Waals surface area (Å²) in [5.74, 6) is -0.889. The van der Waals surface area contributed by atoms with Crippen molar-refractivity contribution in [3.8, 4) is 0 Å². The van der Waals surface area contributed by atoms with Crippen LogP contribution < -0.4 is 4.90 Å². The fourth-order valence-electron chi connectivity index (χ4n) is 1.69. The molecule has 0 radical (unpaired) electrons. The van der Waals surface area contributed by atoms with Crippen molar-refractivity contribution in [3.05, 3.63) is 40.9 Å². The average molecular weight is 335 g/mol. The van der Waals surface area contributed by atoms with E-state index in [-0.39, 0.29) is 16.7 Å². The number of thiazole rings is 1. The molecule has 2 aromatic rings. The minimum atomic E-state index is -4.48. The van der Waals surface area contributed by atoms with Crippen LogP contribution in [0.1, 0.15) is 11.3 Å². The fourth-order valence-corrected chi connectivity index (χ4v) is 2.64. The number of halogens is 4. The number of anilines is 2. The van der Waals surface area contributed by atoms with Gasteiger partial charge in [-0.1, -0.05) is 6.07 Å². The molecule has 1 heterocycles. The Labute approximate surface area is 128 Å². The minimum absolute atomic E-state index is 0.0878. The molecule has 112 valence electrons. The van der Waals surface area contributed by atoms with E-state index in [1.54, 1.807) is 12.3 Å². The summed E-state index contributed by atoms with van der Waals surface area (Å²) in [7, 11) is 0. The zero-order chi connectivity index (χ0) is 15.6. The smallest absolute Gasteiger partial charge is 0.273 e. The number of rotatable bonds is 3. The lowest BCUT2D eigenvalue weighted by molar-refractivity contribution is -0.137. The summed E-state index contributed by atoms with van der Waals surface area (Å²) >= 11 is 6.71. The first-order valence-corrected chi connectivity index (χ1v) is 7.22. The molecule has 0 saturated heterocycles. The Morgan fingerprint density at radius 2 is 2.14 bits per heavy atom.